The molecule has 0 bridgehead atoms. The lowest BCUT2D eigenvalue weighted by molar-refractivity contribution is -0.149. The Bertz CT molecular complexity index is 311. The first-order valence-corrected chi connectivity index (χ1v) is 6.73. The van der Waals surface area contributed by atoms with Crippen molar-refractivity contribution in [2.45, 2.75) is 58.0 Å². The van der Waals surface area contributed by atoms with Crippen LogP contribution in [0.15, 0.2) is 0 Å². The van der Waals surface area contributed by atoms with E-state index >= 15 is 0 Å². The third-order valence-electron chi connectivity index (χ3n) is 5.40. The summed E-state index contributed by atoms with van der Waals surface area (Å²) >= 11 is 0. The topological polar surface area (TPSA) is 46.5 Å². The summed E-state index contributed by atoms with van der Waals surface area (Å²) < 4.78 is 4.85. The molecule has 4 atom stereocenters. The lowest BCUT2D eigenvalue weighted by Crippen LogP contribution is -2.51. The van der Waals surface area contributed by atoms with E-state index in [0.717, 1.165) is 32.1 Å². The van der Waals surface area contributed by atoms with Gasteiger partial charge >= 0.3 is 5.97 Å². The van der Waals surface area contributed by atoms with E-state index in [4.69, 9.17) is 4.74 Å². The predicted octanol–water partition coefficient (Wildman–Crippen LogP) is 2.52. The Morgan fingerprint density at radius 3 is 2.65 bits per heavy atom. The van der Waals surface area contributed by atoms with E-state index in [-0.39, 0.29) is 17.3 Å². The van der Waals surface area contributed by atoms with E-state index in [2.05, 4.69) is 6.92 Å². The van der Waals surface area contributed by atoms with Crippen LogP contribution in [0.5, 0.6) is 0 Å². The van der Waals surface area contributed by atoms with E-state index in [1.807, 2.05) is 6.92 Å². The van der Waals surface area contributed by atoms with Crippen LogP contribution < -0.4 is 0 Å². The number of carbonyl (C=O) groups is 1. The Morgan fingerprint density at radius 2 is 2.06 bits per heavy atom. The lowest BCUT2D eigenvalue weighted by Gasteiger charge is -2.51. The van der Waals surface area contributed by atoms with Crippen LogP contribution in [-0.4, -0.2) is 23.8 Å². The maximum atomic E-state index is 11.7. The monoisotopic (exact) mass is 240 g/mol. The van der Waals surface area contributed by atoms with Crippen LogP contribution in [0.3, 0.4) is 0 Å². The summed E-state index contributed by atoms with van der Waals surface area (Å²) in [6.07, 6.45) is 5.76. The van der Waals surface area contributed by atoms with Gasteiger partial charge in [0.1, 0.15) is 0 Å². The molecule has 3 heteroatoms. The molecule has 0 aromatic rings. The Kier molecular flexibility index (Phi) is 3.23. The fraction of sp³-hybridized carbons (Fsp3) is 0.929. The van der Waals surface area contributed by atoms with Crippen LogP contribution >= 0.6 is 0 Å². The smallest absolute Gasteiger partial charge is 0.308 e. The first kappa shape index (κ1) is 12.9. The molecule has 98 valence electrons. The summed E-state index contributed by atoms with van der Waals surface area (Å²) in [5, 5.41) is 10.7. The number of carbonyl (C=O) groups excluding carboxylic acids is 1. The molecule has 0 heterocycles. The number of esters is 1. The molecule has 0 aromatic heterocycles. The molecule has 0 aromatic carbocycles. The van der Waals surface area contributed by atoms with Gasteiger partial charge in [0.25, 0.3) is 0 Å². The van der Waals surface area contributed by atoms with Gasteiger partial charge in [-0.15, -0.1) is 0 Å². The number of hydrogen-bond donors (Lipinski definition) is 1. The summed E-state index contributed by atoms with van der Waals surface area (Å²) in [4.78, 5) is 11.7. The molecule has 1 spiro atoms. The predicted molar refractivity (Wildman–Crippen MR) is 65.4 cm³/mol. The van der Waals surface area contributed by atoms with Gasteiger partial charge in [0.05, 0.1) is 18.6 Å². The maximum absolute atomic E-state index is 11.7. The van der Waals surface area contributed by atoms with E-state index in [1.165, 1.54) is 13.5 Å². The van der Waals surface area contributed by atoms with Gasteiger partial charge < -0.3 is 9.84 Å². The lowest BCUT2D eigenvalue weighted by atomic mass is 9.57. The van der Waals surface area contributed by atoms with Gasteiger partial charge in [0, 0.05) is 5.41 Å². The number of aliphatic hydroxyl groups is 1. The third kappa shape index (κ3) is 1.88. The molecule has 0 amide bonds. The fourth-order valence-corrected chi connectivity index (χ4v) is 4.19. The molecule has 0 saturated heterocycles. The molecular weight excluding hydrogens is 216 g/mol. The molecule has 2 rings (SSSR count). The van der Waals surface area contributed by atoms with Crippen LogP contribution in [0.2, 0.25) is 0 Å². The molecular formula is C14H24O3. The van der Waals surface area contributed by atoms with E-state index in [1.54, 1.807) is 0 Å². The summed E-state index contributed by atoms with van der Waals surface area (Å²) in [5.41, 5.74) is -0.683. The van der Waals surface area contributed by atoms with Crippen LogP contribution in [0, 0.1) is 17.3 Å². The van der Waals surface area contributed by atoms with Crippen molar-refractivity contribution in [2.24, 2.45) is 17.3 Å². The second-order valence-corrected chi connectivity index (χ2v) is 6.19. The van der Waals surface area contributed by atoms with Crippen LogP contribution in [0.1, 0.15) is 52.4 Å². The second kappa shape index (κ2) is 4.27. The standard InChI is InChI=1S/C14H24O3/c1-10-5-4-7-13(2,16)14(10)8-6-11(9-14)12(15)17-3/h10-11,16H,4-9H2,1-3H3/t10?,11-,13?,14-/m1/s1. The van der Waals surface area contributed by atoms with E-state index < -0.39 is 5.60 Å². The highest BCUT2D eigenvalue weighted by molar-refractivity contribution is 5.72. The van der Waals surface area contributed by atoms with Crippen molar-refractivity contribution in [3.8, 4) is 0 Å². The van der Waals surface area contributed by atoms with Gasteiger partial charge in [-0.2, -0.15) is 0 Å². The Morgan fingerprint density at radius 1 is 1.35 bits per heavy atom. The normalized spacial score (nSPS) is 46.1. The molecule has 17 heavy (non-hydrogen) atoms. The highest BCUT2D eigenvalue weighted by Gasteiger charge is 2.57. The zero-order valence-corrected chi connectivity index (χ0v) is 11.2. The highest BCUT2D eigenvalue weighted by atomic mass is 16.5. The molecule has 2 unspecified atom stereocenters. The van der Waals surface area contributed by atoms with Crippen molar-refractivity contribution in [3.63, 3.8) is 0 Å². The summed E-state index contributed by atoms with van der Waals surface area (Å²) in [6.45, 7) is 4.19. The van der Waals surface area contributed by atoms with Gasteiger partial charge in [-0.1, -0.05) is 13.3 Å². The molecule has 2 aliphatic carbocycles. The van der Waals surface area contributed by atoms with Crippen molar-refractivity contribution in [1.82, 2.24) is 0 Å². The average molecular weight is 240 g/mol. The summed E-state index contributed by atoms with van der Waals surface area (Å²) in [7, 11) is 1.45. The first-order chi connectivity index (χ1) is 7.93. The molecule has 3 nitrogen and oxygen atoms in total. The van der Waals surface area contributed by atoms with Crippen LogP contribution in [0.25, 0.3) is 0 Å². The Labute approximate surface area is 104 Å². The number of rotatable bonds is 1. The number of methoxy groups -OCH3 is 1. The number of hydrogen-bond acceptors (Lipinski definition) is 3. The fourth-order valence-electron chi connectivity index (χ4n) is 4.19. The van der Waals surface area contributed by atoms with E-state index in [9.17, 15) is 9.90 Å². The molecule has 2 saturated carbocycles. The van der Waals surface area contributed by atoms with Gasteiger partial charge in [-0.05, 0) is 44.9 Å². The highest BCUT2D eigenvalue weighted by Crippen LogP contribution is 2.59. The van der Waals surface area contributed by atoms with Crippen molar-refractivity contribution in [1.29, 1.82) is 0 Å². The molecule has 1 N–H and O–H groups in total. The Balaban J connectivity index is 2.21. The maximum Gasteiger partial charge on any atom is 0.308 e. The molecule has 2 fully saturated rings. The van der Waals surface area contributed by atoms with Gasteiger partial charge in [-0.25, -0.2) is 0 Å². The zero-order valence-electron chi connectivity index (χ0n) is 11.2. The van der Waals surface area contributed by atoms with Crippen LogP contribution in [0.4, 0.5) is 0 Å². The zero-order chi connectivity index (χ0) is 12.7. The van der Waals surface area contributed by atoms with Crippen molar-refractivity contribution in [2.75, 3.05) is 7.11 Å². The summed E-state index contributed by atoms with van der Waals surface area (Å²) in [5.74, 6) is 0.392. The molecule has 0 aliphatic heterocycles. The van der Waals surface area contributed by atoms with Crippen molar-refractivity contribution >= 4 is 5.97 Å². The first-order valence-electron chi connectivity index (χ1n) is 6.73. The minimum atomic E-state index is -0.618. The SMILES string of the molecule is COC(=O)[C@@H]1CC[C@@]2(C1)C(C)CCCC2(C)O. The molecule has 2 aliphatic rings. The minimum Gasteiger partial charge on any atom is -0.469 e. The van der Waals surface area contributed by atoms with Gasteiger partial charge in [0.15, 0.2) is 0 Å². The van der Waals surface area contributed by atoms with Crippen LogP contribution in [-0.2, 0) is 9.53 Å². The van der Waals surface area contributed by atoms with Crippen molar-refractivity contribution in [3.05, 3.63) is 0 Å². The summed E-state index contributed by atoms with van der Waals surface area (Å²) in [6, 6.07) is 0. The van der Waals surface area contributed by atoms with Gasteiger partial charge in [0.2, 0.25) is 0 Å². The van der Waals surface area contributed by atoms with Crippen molar-refractivity contribution < 1.29 is 14.6 Å². The molecule has 0 radical (unpaired) electrons. The van der Waals surface area contributed by atoms with E-state index in [0.29, 0.717) is 5.92 Å². The minimum absolute atomic E-state index is 0.00738. The third-order valence-corrected chi connectivity index (χ3v) is 5.40. The largest absolute Gasteiger partial charge is 0.469 e. The number of ether oxygens (including phenoxy) is 1. The van der Waals surface area contributed by atoms with Gasteiger partial charge in [-0.3, -0.25) is 4.79 Å². The Hall–Kier alpha value is -0.570. The quantitative estimate of drug-likeness (QED) is 0.716. The average Bonchev–Trinajstić information content (AvgIpc) is 2.72. The second-order valence-electron chi connectivity index (χ2n) is 6.19.